The molecule has 1 atom stereocenters. The van der Waals surface area contributed by atoms with E-state index in [1.54, 1.807) is 0 Å². The van der Waals surface area contributed by atoms with Crippen LogP contribution >= 0.6 is 0 Å². The molecule has 0 spiro atoms. The summed E-state index contributed by atoms with van der Waals surface area (Å²) in [6, 6.07) is 0.525. The van der Waals surface area contributed by atoms with E-state index >= 15 is 0 Å². The van der Waals surface area contributed by atoms with Gasteiger partial charge in [0.15, 0.2) is 0 Å². The number of hydrogen-bond acceptors (Lipinski definition) is 2. The third-order valence-corrected chi connectivity index (χ3v) is 3.59. The lowest BCUT2D eigenvalue weighted by Gasteiger charge is -2.46. The molecule has 0 aromatic rings. The van der Waals surface area contributed by atoms with Gasteiger partial charge in [0.2, 0.25) is 0 Å². The van der Waals surface area contributed by atoms with Crippen LogP contribution in [0, 0.1) is 10.8 Å². The van der Waals surface area contributed by atoms with Crippen molar-refractivity contribution in [1.82, 2.24) is 4.90 Å². The van der Waals surface area contributed by atoms with Crippen molar-refractivity contribution in [3.05, 3.63) is 0 Å². The third-order valence-electron chi connectivity index (χ3n) is 3.59. The minimum absolute atomic E-state index is 0.294. The van der Waals surface area contributed by atoms with Gasteiger partial charge < -0.3 is 5.73 Å². The average molecular weight is 212 g/mol. The highest BCUT2D eigenvalue weighted by Gasteiger charge is 2.34. The molecule has 1 rings (SSSR count). The average Bonchev–Trinajstić information content (AvgIpc) is 2.00. The zero-order valence-corrected chi connectivity index (χ0v) is 11.1. The Kier molecular flexibility index (Phi) is 3.83. The first-order valence-corrected chi connectivity index (χ1v) is 6.20. The smallest absolute Gasteiger partial charge is 0.0267 e. The van der Waals surface area contributed by atoms with Gasteiger partial charge in [-0.05, 0) is 30.2 Å². The van der Waals surface area contributed by atoms with Crippen molar-refractivity contribution >= 4 is 0 Å². The molecular formula is C13H28N2. The topological polar surface area (TPSA) is 29.3 Å². The molecule has 90 valence electrons. The van der Waals surface area contributed by atoms with Crippen LogP contribution < -0.4 is 5.73 Å². The first-order chi connectivity index (χ1) is 6.76. The number of nitrogens with zero attached hydrogens (tertiary/aromatic N) is 1. The molecule has 1 aliphatic rings. The maximum absolute atomic E-state index is 5.94. The number of rotatable bonds is 2. The molecule has 1 saturated heterocycles. The summed E-state index contributed by atoms with van der Waals surface area (Å²) in [7, 11) is 0. The van der Waals surface area contributed by atoms with E-state index in [4.69, 9.17) is 5.73 Å². The van der Waals surface area contributed by atoms with E-state index in [9.17, 15) is 0 Å². The van der Waals surface area contributed by atoms with Crippen LogP contribution in [0.1, 0.15) is 47.5 Å². The summed E-state index contributed by atoms with van der Waals surface area (Å²) in [4.78, 5) is 2.60. The van der Waals surface area contributed by atoms with E-state index in [0.29, 0.717) is 16.9 Å². The molecule has 0 saturated carbocycles. The second-order valence-corrected chi connectivity index (χ2v) is 6.86. The van der Waals surface area contributed by atoms with Gasteiger partial charge in [-0.3, -0.25) is 4.90 Å². The lowest BCUT2D eigenvalue weighted by atomic mass is 9.79. The summed E-state index contributed by atoms with van der Waals surface area (Å²) in [5.74, 6) is 0. The van der Waals surface area contributed by atoms with Crippen LogP contribution in [0.2, 0.25) is 0 Å². The fourth-order valence-corrected chi connectivity index (χ4v) is 2.78. The van der Waals surface area contributed by atoms with Crippen molar-refractivity contribution in [3.8, 4) is 0 Å². The maximum atomic E-state index is 5.94. The van der Waals surface area contributed by atoms with Crippen molar-refractivity contribution in [2.75, 3.05) is 19.6 Å². The molecule has 0 aromatic carbocycles. The van der Waals surface area contributed by atoms with Crippen LogP contribution in [-0.4, -0.2) is 30.6 Å². The molecule has 2 heteroatoms. The monoisotopic (exact) mass is 212 g/mol. The molecule has 2 nitrogen and oxygen atoms in total. The van der Waals surface area contributed by atoms with E-state index in [2.05, 4.69) is 39.5 Å². The maximum Gasteiger partial charge on any atom is 0.0267 e. The van der Waals surface area contributed by atoms with Gasteiger partial charge in [0, 0.05) is 19.1 Å². The van der Waals surface area contributed by atoms with Gasteiger partial charge >= 0.3 is 0 Å². The zero-order valence-electron chi connectivity index (χ0n) is 11.1. The second-order valence-electron chi connectivity index (χ2n) is 6.86. The van der Waals surface area contributed by atoms with Gasteiger partial charge in [-0.1, -0.05) is 34.6 Å². The quantitative estimate of drug-likeness (QED) is 0.762. The molecule has 0 radical (unpaired) electrons. The predicted octanol–water partition coefficient (Wildman–Crippen LogP) is 2.48. The van der Waals surface area contributed by atoms with Gasteiger partial charge in [0.25, 0.3) is 0 Å². The summed E-state index contributed by atoms with van der Waals surface area (Å²) >= 11 is 0. The van der Waals surface area contributed by atoms with Crippen molar-refractivity contribution in [1.29, 1.82) is 0 Å². The Morgan fingerprint density at radius 2 is 1.93 bits per heavy atom. The van der Waals surface area contributed by atoms with Crippen LogP contribution in [0.25, 0.3) is 0 Å². The van der Waals surface area contributed by atoms with E-state index in [1.807, 2.05) is 0 Å². The van der Waals surface area contributed by atoms with Gasteiger partial charge in [0.05, 0.1) is 0 Å². The third kappa shape index (κ3) is 3.46. The Hall–Kier alpha value is -0.0800. The van der Waals surface area contributed by atoms with E-state index in [1.165, 1.54) is 25.9 Å². The Bertz CT molecular complexity index is 203. The van der Waals surface area contributed by atoms with E-state index in [0.717, 1.165) is 6.54 Å². The lowest BCUT2D eigenvalue weighted by molar-refractivity contribution is 0.0335. The van der Waals surface area contributed by atoms with Gasteiger partial charge in [0.1, 0.15) is 0 Å². The molecule has 0 amide bonds. The first-order valence-electron chi connectivity index (χ1n) is 6.20. The summed E-state index contributed by atoms with van der Waals surface area (Å²) in [5, 5.41) is 0. The highest BCUT2D eigenvalue weighted by molar-refractivity contribution is 4.89. The lowest BCUT2D eigenvalue weighted by Crippen LogP contribution is -2.53. The van der Waals surface area contributed by atoms with Crippen LogP contribution in [0.15, 0.2) is 0 Å². The number of nitrogens with two attached hydrogens (primary N) is 1. The van der Waals surface area contributed by atoms with Gasteiger partial charge in [-0.2, -0.15) is 0 Å². The van der Waals surface area contributed by atoms with Crippen molar-refractivity contribution < 1.29 is 0 Å². The van der Waals surface area contributed by atoms with Crippen LogP contribution in [0.5, 0.6) is 0 Å². The molecule has 15 heavy (non-hydrogen) atoms. The highest BCUT2D eigenvalue weighted by atomic mass is 15.2. The Labute approximate surface area is 95.2 Å². The normalized spacial score (nSPS) is 25.2. The zero-order chi connectivity index (χ0) is 11.7. The van der Waals surface area contributed by atoms with Crippen molar-refractivity contribution in [2.45, 2.75) is 53.5 Å². The number of likely N-dealkylation sites (tertiary alicyclic amines) is 1. The fraction of sp³-hybridized carbons (Fsp3) is 1.00. The molecule has 0 aromatic heterocycles. The minimum atomic E-state index is 0.294. The van der Waals surface area contributed by atoms with Gasteiger partial charge in [-0.25, -0.2) is 0 Å². The summed E-state index contributed by atoms with van der Waals surface area (Å²) < 4.78 is 0. The van der Waals surface area contributed by atoms with Crippen molar-refractivity contribution in [2.24, 2.45) is 16.6 Å². The Morgan fingerprint density at radius 1 is 1.33 bits per heavy atom. The molecule has 0 aliphatic carbocycles. The standard InChI is InChI=1S/C13H28N2/c1-12(2,3)11(9-14)15-8-6-7-13(4,5)10-15/h11H,6-10,14H2,1-5H3. The van der Waals surface area contributed by atoms with Crippen LogP contribution in [0.3, 0.4) is 0 Å². The number of hydrogen-bond donors (Lipinski definition) is 1. The number of piperidine rings is 1. The fourth-order valence-electron chi connectivity index (χ4n) is 2.78. The molecule has 1 unspecified atom stereocenters. The Balaban J connectivity index is 2.69. The van der Waals surface area contributed by atoms with Gasteiger partial charge in [-0.15, -0.1) is 0 Å². The molecule has 0 bridgehead atoms. The molecule has 1 aliphatic heterocycles. The molecule has 2 N–H and O–H groups in total. The highest BCUT2D eigenvalue weighted by Crippen LogP contribution is 2.33. The van der Waals surface area contributed by atoms with E-state index < -0.39 is 0 Å². The first kappa shape index (κ1) is 13.0. The van der Waals surface area contributed by atoms with E-state index in [-0.39, 0.29) is 0 Å². The minimum Gasteiger partial charge on any atom is -0.329 e. The summed E-state index contributed by atoms with van der Waals surface area (Å²) in [6.07, 6.45) is 2.67. The second kappa shape index (κ2) is 4.42. The van der Waals surface area contributed by atoms with Crippen LogP contribution in [0.4, 0.5) is 0 Å². The molecular weight excluding hydrogens is 184 g/mol. The van der Waals surface area contributed by atoms with Crippen molar-refractivity contribution in [3.63, 3.8) is 0 Å². The SMILES string of the molecule is CC1(C)CCCN(C(CN)C(C)(C)C)C1. The molecule has 1 fully saturated rings. The van der Waals surface area contributed by atoms with Crippen LogP contribution in [-0.2, 0) is 0 Å². The largest absolute Gasteiger partial charge is 0.329 e. The predicted molar refractivity (Wildman–Crippen MR) is 66.9 cm³/mol. The summed E-state index contributed by atoms with van der Waals surface area (Å²) in [6.45, 7) is 14.8. The summed E-state index contributed by atoms with van der Waals surface area (Å²) in [5.41, 5.74) is 6.70. The Morgan fingerprint density at radius 3 is 2.33 bits per heavy atom. The molecule has 1 heterocycles.